The number of aromatic nitrogens is 1. The molecule has 0 spiro atoms. The van der Waals surface area contributed by atoms with Crippen LogP contribution in [0.1, 0.15) is 37.1 Å². The van der Waals surface area contributed by atoms with E-state index in [-0.39, 0.29) is 0 Å². The van der Waals surface area contributed by atoms with Crippen molar-refractivity contribution in [2.24, 2.45) is 0 Å². The minimum absolute atomic E-state index is 0.295. The van der Waals surface area contributed by atoms with Crippen LogP contribution in [0, 0.1) is 0 Å². The van der Waals surface area contributed by atoms with Gasteiger partial charge in [-0.2, -0.15) is 0 Å². The van der Waals surface area contributed by atoms with Gasteiger partial charge in [0.15, 0.2) is 0 Å². The zero-order valence-corrected chi connectivity index (χ0v) is 12.4. The van der Waals surface area contributed by atoms with Crippen molar-refractivity contribution in [3.8, 4) is 0 Å². The lowest BCUT2D eigenvalue weighted by molar-refractivity contribution is 0.493. The van der Waals surface area contributed by atoms with Crippen LogP contribution in [0.15, 0.2) is 53.7 Å². The number of hydrogen-bond acceptors (Lipinski definition) is 3. The Morgan fingerprint density at radius 1 is 1.00 bits per heavy atom. The Morgan fingerprint density at radius 2 is 1.68 bits per heavy atom. The number of nitrogens with one attached hydrogen (secondary N) is 1. The van der Waals surface area contributed by atoms with E-state index < -0.39 is 0 Å². The first-order valence-corrected chi connectivity index (χ1v) is 7.73. The third kappa shape index (κ3) is 3.82. The lowest BCUT2D eigenvalue weighted by Crippen LogP contribution is -2.22. The van der Waals surface area contributed by atoms with Crippen LogP contribution >= 0.6 is 11.8 Å². The molecule has 2 aromatic rings. The largest absolute Gasteiger partial charge is 0.304 e. The number of benzene rings is 1. The van der Waals surface area contributed by atoms with Gasteiger partial charge >= 0.3 is 0 Å². The molecule has 0 aliphatic heterocycles. The smallest absolute Gasteiger partial charge is 0.0315 e. The van der Waals surface area contributed by atoms with Crippen molar-refractivity contribution in [2.75, 3.05) is 6.26 Å². The molecule has 2 rings (SSSR count). The van der Waals surface area contributed by atoms with Gasteiger partial charge in [0.2, 0.25) is 0 Å². The fraction of sp³-hybridized carbons (Fsp3) is 0.312. The molecule has 100 valence electrons. The highest BCUT2D eigenvalue weighted by Crippen LogP contribution is 2.21. The molecule has 1 aromatic heterocycles. The van der Waals surface area contributed by atoms with E-state index in [9.17, 15) is 0 Å². The second-order valence-corrected chi connectivity index (χ2v) is 5.55. The standard InChI is InChI=1S/C16H20N2S/c1-12(14-6-8-16(19-3)9-7-14)18-13(2)15-5-4-10-17-11-15/h4-13,18H,1-3H3/t12?,13-/m1/s1. The first kappa shape index (κ1) is 14.1. The minimum Gasteiger partial charge on any atom is -0.304 e. The molecule has 19 heavy (non-hydrogen) atoms. The third-order valence-electron chi connectivity index (χ3n) is 3.30. The molecule has 2 nitrogen and oxygen atoms in total. The topological polar surface area (TPSA) is 24.9 Å². The van der Waals surface area contributed by atoms with Crippen LogP contribution in [0.3, 0.4) is 0 Å². The number of rotatable bonds is 5. The summed E-state index contributed by atoms with van der Waals surface area (Å²) in [7, 11) is 0. The summed E-state index contributed by atoms with van der Waals surface area (Å²) in [5, 5.41) is 3.60. The lowest BCUT2D eigenvalue weighted by Gasteiger charge is -2.20. The summed E-state index contributed by atoms with van der Waals surface area (Å²) in [5.41, 5.74) is 2.53. The Kier molecular flexibility index (Phi) is 5.00. The van der Waals surface area contributed by atoms with Crippen LogP contribution < -0.4 is 5.32 Å². The molecule has 0 amide bonds. The summed E-state index contributed by atoms with van der Waals surface area (Å²) in [6, 6.07) is 13.4. The average Bonchev–Trinajstić information content (AvgIpc) is 2.48. The molecule has 0 fully saturated rings. The van der Waals surface area contributed by atoms with Crippen molar-refractivity contribution in [3.05, 3.63) is 59.9 Å². The summed E-state index contributed by atoms with van der Waals surface area (Å²) in [5.74, 6) is 0. The van der Waals surface area contributed by atoms with E-state index >= 15 is 0 Å². The Balaban J connectivity index is 2.02. The van der Waals surface area contributed by atoms with Crippen molar-refractivity contribution in [2.45, 2.75) is 30.8 Å². The van der Waals surface area contributed by atoms with Gasteiger partial charge in [-0.3, -0.25) is 4.98 Å². The monoisotopic (exact) mass is 272 g/mol. The van der Waals surface area contributed by atoms with Gasteiger partial charge in [0.1, 0.15) is 0 Å². The lowest BCUT2D eigenvalue weighted by atomic mass is 10.1. The summed E-state index contributed by atoms with van der Waals surface area (Å²) in [6.07, 6.45) is 5.82. The summed E-state index contributed by atoms with van der Waals surface area (Å²) in [4.78, 5) is 5.47. The van der Waals surface area contributed by atoms with E-state index in [1.807, 2.05) is 12.3 Å². The molecule has 0 saturated heterocycles. The van der Waals surface area contributed by atoms with Gasteiger partial charge in [-0.15, -0.1) is 11.8 Å². The molecular formula is C16H20N2S. The van der Waals surface area contributed by atoms with Gasteiger partial charge in [0.05, 0.1) is 0 Å². The van der Waals surface area contributed by atoms with Gasteiger partial charge in [0.25, 0.3) is 0 Å². The third-order valence-corrected chi connectivity index (χ3v) is 4.04. The van der Waals surface area contributed by atoms with E-state index in [0.29, 0.717) is 12.1 Å². The maximum absolute atomic E-state index is 4.17. The minimum atomic E-state index is 0.295. The molecule has 3 heteroatoms. The highest BCUT2D eigenvalue weighted by atomic mass is 32.2. The van der Waals surface area contributed by atoms with Gasteiger partial charge in [0, 0.05) is 29.4 Å². The van der Waals surface area contributed by atoms with Gasteiger partial charge in [-0.1, -0.05) is 18.2 Å². The SMILES string of the molecule is CSc1ccc(C(C)N[C@H](C)c2cccnc2)cc1. The summed E-state index contributed by atoms with van der Waals surface area (Å²) >= 11 is 1.77. The van der Waals surface area contributed by atoms with Crippen molar-refractivity contribution >= 4 is 11.8 Å². The number of nitrogens with zero attached hydrogens (tertiary/aromatic N) is 1. The molecular weight excluding hydrogens is 252 g/mol. The van der Waals surface area contributed by atoms with E-state index in [1.165, 1.54) is 16.0 Å². The van der Waals surface area contributed by atoms with Crippen LogP contribution in [0.4, 0.5) is 0 Å². The number of thioether (sulfide) groups is 1. The predicted octanol–water partition coefficient (Wildman–Crippen LogP) is 4.22. The van der Waals surface area contributed by atoms with Crippen LogP contribution in [0.2, 0.25) is 0 Å². The normalized spacial score (nSPS) is 14.1. The molecule has 0 saturated carbocycles. The first-order chi connectivity index (χ1) is 9.20. The van der Waals surface area contributed by atoms with E-state index in [4.69, 9.17) is 0 Å². The molecule has 0 bridgehead atoms. The molecule has 0 aliphatic carbocycles. The fourth-order valence-electron chi connectivity index (χ4n) is 2.09. The van der Waals surface area contributed by atoms with E-state index in [2.05, 4.69) is 60.7 Å². The predicted molar refractivity (Wildman–Crippen MR) is 82.4 cm³/mol. The number of hydrogen-bond donors (Lipinski definition) is 1. The van der Waals surface area contributed by atoms with Gasteiger partial charge in [-0.05, 0) is 49.4 Å². The molecule has 1 unspecified atom stereocenters. The molecule has 0 aliphatic rings. The molecule has 1 aromatic carbocycles. The van der Waals surface area contributed by atoms with Gasteiger partial charge in [-0.25, -0.2) is 0 Å². The summed E-state index contributed by atoms with van der Waals surface area (Å²) in [6.45, 7) is 4.37. The first-order valence-electron chi connectivity index (χ1n) is 6.50. The fourth-order valence-corrected chi connectivity index (χ4v) is 2.50. The molecule has 1 heterocycles. The zero-order chi connectivity index (χ0) is 13.7. The second kappa shape index (κ2) is 6.73. The van der Waals surface area contributed by atoms with E-state index in [0.717, 1.165) is 0 Å². The van der Waals surface area contributed by atoms with Crippen molar-refractivity contribution in [1.29, 1.82) is 0 Å². The Hall–Kier alpha value is -1.32. The Bertz CT molecular complexity index is 496. The van der Waals surface area contributed by atoms with Crippen molar-refractivity contribution in [3.63, 3.8) is 0 Å². The summed E-state index contributed by atoms with van der Waals surface area (Å²) < 4.78 is 0. The van der Waals surface area contributed by atoms with Crippen LogP contribution in [0.25, 0.3) is 0 Å². The number of pyridine rings is 1. The average molecular weight is 272 g/mol. The van der Waals surface area contributed by atoms with E-state index in [1.54, 1.807) is 18.0 Å². The Morgan fingerprint density at radius 3 is 2.26 bits per heavy atom. The highest BCUT2D eigenvalue weighted by molar-refractivity contribution is 7.98. The van der Waals surface area contributed by atoms with Crippen LogP contribution in [-0.2, 0) is 0 Å². The molecule has 1 N–H and O–H groups in total. The maximum atomic E-state index is 4.17. The second-order valence-electron chi connectivity index (χ2n) is 4.67. The maximum Gasteiger partial charge on any atom is 0.0315 e. The van der Waals surface area contributed by atoms with Crippen molar-refractivity contribution in [1.82, 2.24) is 10.3 Å². The zero-order valence-electron chi connectivity index (χ0n) is 11.6. The van der Waals surface area contributed by atoms with Crippen LogP contribution in [-0.4, -0.2) is 11.2 Å². The van der Waals surface area contributed by atoms with Gasteiger partial charge < -0.3 is 5.32 Å². The molecule has 0 radical (unpaired) electrons. The Labute approximate surface area is 119 Å². The van der Waals surface area contributed by atoms with Crippen LogP contribution in [0.5, 0.6) is 0 Å². The van der Waals surface area contributed by atoms with Crippen molar-refractivity contribution < 1.29 is 0 Å². The molecule has 2 atom stereocenters. The highest BCUT2D eigenvalue weighted by Gasteiger charge is 2.10. The quantitative estimate of drug-likeness (QED) is 0.825.